The minimum Gasteiger partial charge on any atom is -0.451 e. The molecule has 150 valence electrons. The molecule has 3 rings (SSSR count). The smallest absolute Gasteiger partial charge is 0.417 e. The Hall–Kier alpha value is -3.12. The minimum atomic E-state index is -4.62. The summed E-state index contributed by atoms with van der Waals surface area (Å²) in [5, 5.41) is 3.56. The molecule has 0 saturated heterocycles. The van der Waals surface area contributed by atoms with Crippen LogP contribution in [0.25, 0.3) is 10.8 Å². The number of pyridine rings is 1. The Morgan fingerprint density at radius 3 is 2.59 bits per heavy atom. The molecule has 0 aliphatic rings. The number of thiazole rings is 1. The number of carbonyl (C=O) groups is 2. The number of amides is 1. The zero-order chi connectivity index (χ0) is 21.0. The van der Waals surface area contributed by atoms with Crippen LogP contribution in [0.2, 0.25) is 5.02 Å². The number of hydrogen-bond donors (Lipinski definition) is 1. The first-order valence-electron chi connectivity index (χ1n) is 7.66. The summed E-state index contributed by atoms with van der Waals surface area (Å²) in [6.07, 6.45) is -1.05. The summed E-state index contributed by atoms with van der Waals surface area (Å²) < 4.78 is 42.6. The molecule has 0 radical (unpaired) electrons. The molecule has 0 spiro atoms. The molecule has 0 atom stereocenters. The van der Waals surface area contributed by atoms with E-state index in [0.717, 1.165) is 11.3 Å². The van der Waals surface area contributed by atoms with Gasteiger partial charge in [0, 0.05) is 24.0 Å². The Kier molecular flexibility index (Phi) is 6.03. The maximum Gasteiger partial charge on any atom is 0.417 e. The molecular formula is C16H9ClF3N5O3S. The number of aromatic nitrogens is 4. The van der Waals surface area contributed by atoms with E-state index in [9.17, 15) is 22.8 Å². The second kappa shape index (κ2) is 8.49. The summed E-state index contributed by atoms with van der Waals surface area (Å²) in [5.41, 5.74) is -1.11. The predicted molar refractivity (Wildman–Crippen MR) is 96.3 cm³/mol. The number of rotatable bonds is 5. The van der Waals surface area contributed by atoms with Gasteiger partial charge in [0.05, 0.1) is 10.6 Å². The van der Waals surface area contributed by atoms with Crippen LogP contribution in [0.4, 0.5) is 19.0 Å². The van der Waals surface area contributed by atoms with Gasteiger partial charge in [-0.2, -0.15) is 13.2 Å². The second-order valence-corrected chi connectivity index (χ2v) is 6.55. The summed E-state index contributed by atoms with van der Waals surface area (Å²) >= 11 is 6.81. The summed E-state index contributed by atoms with van der Waals surface area (Å²) in [6, 6.07) is 2.25. The van der Waals surface area contributed by atoms with Crippen LogP contribution >= 0.6 is 22.9 Å². The Morgan fingerprint density at radius 2 is 1.93 bits per heavy atom. The fourth-order valence-electron chi connectivity index (χ4n) is 1.94. The number of hydrogen-bond acceptors (Lipinski definition) is 8. The van der Waals surface area contributed by atoms with Crippen molar-refractivity contribution >= 4 is 40.6 Å². The molecule has 1 N–H and O–H groups in total. The molecule has 0 saturated carbocycles. The van der Waals surface area contributed by atoms with Crippen molar-refractivity contribution < 1.29 is 27.5 Å². The lowest BCUT2D eigenvalue weighted by Gasteiger charge is -2.10. The highest BCUT2D eigenvalue weighted by Gasteiger charge is 2.31. The summed E-state index contributed by atoms with van der Waals surface area (Å²) in [7, 11) is 0. The summed E-state index contributed by atoms with van der Waals surface area (Å²) in [5.74, 6) is -1.67. The van der Waals surface area contributed by atoms with Gasteiger partial charge in [0.25, 0.3) is 5.91 Å². The first-order valence-corrected chi connectivity index (χ1v) is 8.92. The Balaban J connectivity index is 1.57. The van der Waals surface area contributed by atoms with E-state index in [4.69, 9.17) is 16.3 Å². The summed E-state index contributed by atoms with van der Waals surface area (Å²) in [6.45, 7) is -0.716. The number of alkyl halides is 3. The average molecular weight is 444 g/mol. The van der Waals surface area contributed by atoms with Gasteiger partial charge >= 0.3 is 12.1 Å². The lowest BCUT2D eigenvalue weighted by Crippen LogP contribution is -2.22. The standard InChI is InChI=1S/C16H9ClF3N5O3S/c17-9-4-8(16(18,19)20)5-23-12(9)25-11(26)6-28-15(27)10-7-29-14(24-10)13-21-2-1-3-22-13/h1-5,7H,6H2,(H,23,25,26). The maximum atomic E-state index is 12.6. The molecule has 0 fully saturated rings. The number of carbonyl (C=O) groups excluding carboxylic acids is 2. The fourth-order valence-corrected chi connectivity index (χ4v) is 2.89. The van der Waals surface area contributed by atoms with Gasteiger partial charge in [0.1, 0.15) is 0 Å². The number of halogens is 4. The van der Waals surface area contributed by atoms with Gasteiger partial charge < -0.3 is 10.1 Å². The molecule has 13 heteroatoms. The Bertz CT molecular complexity index is 1050. The van der Waals surface area contributed by atoms with E-state index < -0.39 is 35.2 Å². The third-order valence-corrected chi connectivity index (χ3v) is 4.36. The molecule has 0 unspecified atom stereocenters. The fraction of sp³-hybridized carbons (Fsp3) is 0.125. The highest BCUT2D eigenvalue weighted by Crippen LogP contribution is 2.32. The molecule has 0 aliphatic heterocycles. The van der Waals surface area contributed by atoms with Crippen molar-refractivity contribution in [3.8, 4) is 10.8 Å². The first kappa shape index (κ1) is 20.6. The van der Waals surface area contributed by atoms with Gasteiger partial charge in [-0.05, 0) is 12.1 Å². The van der Waals surface area contributed by atoms with Crippen LogP contribution in [0, 0.1) is 0 Å². The van der Waals surface area contributed by atoms with Crippen LogP contribution in [0.5, 0.6) is 0 Å². The van der Waals surface area contributed by atoms with Gasteiger partial charge in [-0.15, -0.1) is 11.3 Å². The van der Waals surface area contributed by atoms with E-state index in [0.29, 0.717) is 23.1 Å². The molecule has 0 aliphatic carbocycles. The van der Waals surface area contributed by atoms with Crippen molar-refractivity contribution in [2.24, 2.45) is 0 Å². The Labute approximate surface area is 169 Å². The van der Waals surface area contributed by atoms with Crippen LogP contribution in [-0.2, 0) is 15.7 Å². The summed E-state index contributed by atoms with van der Waals surface area (Å²) in [4.78, 5) is 39.4. The van der Waals surface area contributed by atoms with Gasteiger partial charge in [-0.3, -0.25) is 4.79 Å². The van der Waals surface area contributed by atoms with Crippen LogP contribution in [-0.4, -0.2) is 38.4 Å². The van der Waals surface area contributed by atoms with E-state index in [1.165, 1.54) is 17.8 Å². The number of nitrogens with zero attached hydrogens (tertiary/aromatic N) is 4. The van der Waals surface area contributed by atoms with Crippen molar-refractivity contribution in [2.45, 2.75) is 6.18 Å². The zero-order valence-electron chi connectivity index (χ0n) is 14.1. The van der Waals surface area contributed by atoms with Gasteiger partial charge in [0.15, 0.2) is 29.0 Å². The minimum absolute atomic E-state index is 0.0454. The molecular weight excluding hydrogens is 435 g/mol. The quantitative estimate of drug-likeness (QED) is 0.602. The third-order valence-electron chi connectivity index (χ3n) is 3.23. The van der Waals surface area contributed by atoms with E-state index in [1.54, 1.807) is 6.07 Å². The zero-order valence-corrected chi connectivity index (χ0v) is 15.7. The average Bonchev–Trinajstić information content (AvgIpc) is 3.18. The van der Waals surface area contributed by atoms with Crippen LogP contribution in [0.15, 0.2) is 36.1 Å². The van der Waals surface area contributed by atoms with Crippen molar-refractivity contribution in [3.05, 3.63) is 52.4 Å². The van der Waals surface area contributed by atoms with E-state index >= 15 is 0 Å². The first-order chi connectivity index (χ1) is 13.7. The predicted octanol–water partition coefficient (Wildman–Crippen LogP) is 3.46. The molecule has 0 bridgehead atoms. The number of anilines is 1. The molecule has 3 aromatic rings. The third kappa shape index (κ3) is 5.23. The second-order valence-electron chi connectivity index (χ2n) is 5.29. The number of ether oxygens (including phenoxy) is 1. The van der Waals surface area contributed by atoms with Crippen LogP contribution < -0.4 is 5.32 Å². The largest absolute Gasteiger partial charge is 0.451 e. The maximum absolute atomic E-state index is 12.6. The highest BCUT2D eigenvalue weighted by atomic mass is 35.5. The van der Waals surface area contributed by atoms with Crippen LogP contribution in [0.3, 0.4) is 0 Å². The molecule has 29 heavy (non-hydrogen) atoms. The molecule has 1 amide bonds. The monoisotopic (exact) mass is 443 g/mol. The normalized spacial score (nSPS) is 11.2. The Morgan fingerprint density at radius 1 is 1.21 bits per heavy atom. The van der Waals surface area contributed by atoms with E-state index in [1.807, 2.05) is 0 Å². The van der Waals surface area contributed by atoms with Crippen molar-refractivity contribution in [1.29, 1.82) is 0 Å². The lowest BCUT2D eigenvalue weighted by atomic mass is 10.3. The molecule has 3 heterocycles. The van der Waals surface area contributed by atoms with Crippen molar-refractivity contribution in [1.82, 2.24) is 19.9 Å². The van der Waals surface area contributed by atoms with E-state index in [2.05, 4.69) is 25.3 Å². The van der Waals surface area contributed by atoms with Crippen LogP contribution in [0.1, 0.15) is 16.1 Å². The van der Waals surface area contributed by atoms with Crippen molar-refractivity contribution in [2.75, 3.05) is 11.9 Å². The van der Waals surface area contributed by atoms with E-state index in [-0.39, 0.29) is 11.5 Å². The highest BCUT2D eigenvalue weighted by molar-refractivity contribution is 7.13. The van der Waals surface area contributed by atoms with Gasteiger partial charge in [-0.1, -0.05) is 11.6 Å². The molecule has 8 nitrogen and oxygen atoms in total. The number of nitrogens with one attached hydrogen (secondary N) is 1. The van der Waals surface area contributed by atoms with Gasteiger partial charge in [-0.25, -0.2) is 24.7 Å². The number of esters is 1. The topological polar surface area (TPSA) is 107 Å². The SMILES string of the molecule is O=C(COC(=O)c1csc(-c2ncccn2)n1)Nc1ncc(C(F)(F)F)cc1Cl. The molecule has 0 aromatic carbocycles. The molecule has 3 aromatic heterocycles. The van der Waals surface area contributed by atoms with Crippen molar-refractivity contribution in [3.63, 3.8) is 0 Å². The lowest BCUT2D eigenvalue weighted by molar-refractivity contribution is -0.137. The van der Waals surface area contributed by atoms with Gasteiger partial charge in [0.2, 0.25) is 0 Å².